The minimum Gasteiger partial charge on any atom is -0.387 e. The van der Waals surface area contributed by atoms with Crippen LogP contribution >= 0.6 is 15.6 Å². The fourth-order valence-corrected chi connectivity index (χ4v) is 12.8. The van der Waals surface area contributed by atoms with Crippen molar-refractivity contribution in [2.24, 2.45) is 0 Å². The van der Waals surface area contributed by atoms with E-state index in [0.717, 1.165) is 141 Å². The number of allylic oxidation sites excluding steroid dienone is 2. The van der Waals surface area contributed by atoms with Gasteiger partial charge in [0.1, 0.15) is 48.8 Å². The average molecular weight is 1350 g/mol. The van der Waals surface area contributed by atoms with Crippen LogP contribution in [0.4, 0.5) is 0 Å². The molecule has 6 N–H and O–H groups in total. The summed E-state index contributed by atoms with van der Waals surface area (Å²) in [5.74, 6) is -0.381. The molecule has 0 aromatic rings. The average Bonchev–Trinajstić information content (AvgIpc) is 0.804. The van der Waals surface area contributed by atoms with E-state index < -0.39 is 96.8 Å². The number of aliphatic hydroxyl groups is 1. The second kappa shape index (κ2) is 57.0. The molecule has 2 heterocycles. The predicted molar refractivity (Wildman–Crippen MR) is 360 cm³/mol. The van der Waals surface area contributed by atoms with Crippen molar-refractivity contribution in [1.29, 1.82) is 0 Å². The minimum atomic E-state index is -5.25. The fourth-order valence-electron chi connectivity index (χ4n) is 11.8. The second-order valence-corrected chi connectivity index (χ2v) is 27.8. The van der Waals surface area contributed by atoms with Gasteiger partial charge < -0.3 is 72.6 Å². The Morgan fingerprint density at radius 1 is 0.484 bits per heavy atom. The third-order valence-electron chi connectivity index (χ3n) is 17.2. The first-order chi connectivity index (χ1) is 44.9. The van der Waals surface area contributed by atoms with Crippen molar-refractivity contribution in [2.75, 3.05) is 60.4 Å². The highest BCUT2D eigenvalue weighted by Crippen LogP contribution is 2.43. The summed E-state index contributed by atoms with van der Waals surface area (Å²) in [6, 6.07) is -1.26. The quantitative estimate of drug-likeness (QED) is 0.0188. The molecule has 13 atom stereocenters. The number of aliphatic hydroxyl groups excluding tert-OH is 1. The number of hydrogen-bond donors (Lipinski definition) is 6. The Labute approximate surface area is 555 Å². The zero-order chi connectivity index (χ0) is 68.2. The molecule has 22 heteroatoms. The van der Waals surface area contributed by atoms with E-state index in [2.05, 4.69) is 45.2 Å². The standard InChI is InChI=1S/C69H135NO19P2/c1-7-11-15-19-22-25-28-29-30-31-32-33-36-40-44-49-61(71)70-62-65(83-55-50-58(80-6)48-43-39-18-14-10-4)64(89-91(76,77)78)60(56-79-5)88-68(62)85-57-59-63(72)66(81-51-45-41-37-34-26-23-20-16-12-8-2)67(69(87-59)84-53-47-54-86-90(73,74)75)82-52-46-42-38-35-27-24-21-17-13-9-3/h25,28,58-60,62-69,72H,7-24,26-27,29-57H2,1-6H3,(H,70,71)(H2,73,74,75)(H2,76,77,78)/b28-25-/t58-,59-,60-,62-,63-,64-,65-,66+,67-,68-,69?/m1/s1/i51D,52D/t51?,52?,58-,59-,60-,62-,63-,64-,65-,66+,67-,68-,69?. The number of unbranched alkanes of at least 4 members (excludes halogenated alkanes) is 31. The first kappa shape index (κ1) is 82.5. The van der Waals surface area contributed by atoms with Crippen molar-refractivity contribution in [3.63, 3.8) is 0 Å². The number of nitrogens with one attached hydrogen (secondary N) is 1. The van der Waals surface area contributed by atoms with E-state index in [9.17, 15) is 40.0 Å². The lowest BCUT2D eigenvalue weighted by molar-refractivity contribution is -0.331. The Kier molecular flexibility index (Phi) is 51.6. The van der Waals surface area contributed by atoms with Crippen molar-refractivity contribution in [2.45, 2.75) is 365 Å². The number of carbonyl (C=O) groups is 1. The van der Waals surface area contributed by atoms with E-state index in [-0.39, 0.29) is 51.3 Å². The van der Waals surface area contributed by atoms with E-state index in [1.807, 2.05) is 0 Å². The Morgan fingerprint density at radius 2 is 0.956 bits per heavy atom. The third-order valence-corrected chi connectivity index (χ3v) is 18.2. The summed E-state index contributed by atoms with van der Waals surface area (Å²) in [7, 11) is -7.02. The molecule has 0 aliphatic carbocycles. The summed E-state index contributed by atoms with van der Waals surface area (Å²) in [5, 5.41) is 15.6. The molecule has 540 valence electrons. The van der Waals surface area contributed by atoms with Gasteiger partial charge in [0, 0.05) is 40.4 Å². The Balaban J connectivity index is 2.53. The zero-order valence-electron chi connectivity index (χ0n) is 59.7. The molecule has 2 aliphatic rings. The van der Waals surface area contributed by atoms with Gasteiger partial charge in [0.05, 0.1) is 35.3 Å². The number of carbonyl (C=O) groups excluding carboxylic acids is 1. The number of phosphoric ester groups is 2. The Bertz CT molecular complexity index is 1880. The number of amides is 1. The van der Waals surface area contributed by atoms with Gasteiger partial charge in [0.2, 0.25) is 5.91 Å². The zero-order valence-corrected chi connectivity index (χ0v) is 59.5. The number of phosphoric acid groups is 2. The van der Waals surface area contributed by atoms with Crippen LogP contribution in [0.1, 0.15) is 300 Å². The molecule has 0 radical (unpaired) electrons. The first-order valence-corrected chi connectivity index (χ1v) is 39.4. The van der Waals surface area contributed by atoms with Crippen LogP contribution in [0.25, 0.3) is 0 Å². The normalized spacial score (nSPS) is 23.8. The summed E-state index contributed by atoms with van der Waals surface area (Å²) < 4.78 is 110. The molecule has 2 fully saturated rings. The SMILES string of the molecule is [2H]C(CCCCCCCCCCC)O[C@H]1[C@H](O)[C@@H](CO[C@@H]2O[C@H](COC)[C@@H](OP(=O)(O)O)[C@H](OCC[C@@H](CCCCCCC)OC)[C@H]2NC(=O)CCCCCCCCC/C=C\CCCCCC)OC(OCCCOP(=O)(O)O)[C@@H]1OC([2H])CCCCCCCCCCC. The van der Waals surface area contributed by atoms with E-state index in [1.54, 1.807) is 7.11 Å². The molecule has 0 aromatic heterocycles. The molecule has 1 amide bonds. The van der Waals surface area contributed by atoms with Crippen LogP contribution in [0.2, 0.25) is 0 Å². The van der Waals surface area contributed by atoms with Crippen molar-refractivity contribution < 1.29 is 93.0 Å². The van der Waals surface area contributed by atoms with E-state index in [4.69, 9.17) is 53.1 Å². The summed E-state index contributed by atoms with van der Waals surface area (Å²) in [6.45, 7) is 5.37. The molecule has 0 bridgehead atoms. The van der Waals surface area contributed by atoms with Gasteiger partial charge in [-0.25, -0.2) is 9.13 Å². The maximum absolute atomic E-state index is 14.2. The minimum absolute atomic E-state index is 0.00820. The molecule has 2 aliphatic heterocycles. The molecule has 0 spiro atoms. The van der Waals surface area contributed by atoms with E-state index in [1.165, 1.54) is 84.2 Å². The summed E-state index contributed by atoms with van der Waals surface area (Å²) in [4.78, 5) is 53.9. The number of methoxy groups -OCH3 is 2. The largest absolute Gasteiger partial charge is 0.470 e. The van der Waals surface area contributed by atoms with Crippen molar-refractivity contribution in [1.82, 2.24) is 5.32 Å². The Hall–Kier alpha value is -0.970. The molecule has 20 nitrogen and oxygen atoms in total. The van der Waals surface area contributed by atoms with Crippen LogP contribution in [0, 0.1) is 0 Å². The Morgan fingerprint density at radius 3 is 1.46 bits per heavy atom. The van der Waals surface area contributed by atoms with Gasteiger partial charge in [0.15, 0.2) is 12.6 Å². The molecule has 0 aromatic carbocycles. The van der Waals surface area contributed by atoms with Gasteiger partial charge in [-0.1, -0.05) is 239 Å². The summed E-state index contributed by atoms with van der Waals surface area (Å²) in [6.07, 6.45) is 33.1. The molecule has 2 rings (SSSR count). The van der Waals surface area contributed by atoms with Gasteiger partial charge in [-0.2, -0.15) is 0 Å². The lowest BCUT2D eigenvalue weighted by atomic mass is 9.95. The van der Waals surface area contributed by atoms with Crippen LogP contribution in [-0.2, 0) is 65.6 Å². The number of ether oxygens (including phenoxy) is 9. The van der Waals surface area contributed by atoms with Crippen LogP contribution in [0.5, 0.6) is 0 Å². The number of hydrogen-bond acceptors (Lipinski definition) is 15. The number of rotatable bonds is 64. The maximum Gasteiger partial charge on any atom is 0.470 e. The van der Waals surface area contributed by atoms with E-state index >= 15 is 0 Å². The third kappa shape index (κ3) is 44.6. The van der Waals surface area contributed by atoms with Crippen LogP contribution < -0.4 is 5.32 Å². The highest BCUT2D eigenvalue weighted by molar-refractivity contribution is 7.46. The van der Waals surface area contributed by atoms with Gasteiger partial charge >= 0.3 is 15.6 Å². The molecule has 91 heavy (non-hydrogen) atoms. The van der Waals surface area contributed by atoms with Crippen LogP contribution in [0.15, 0.2) is 12.2 Å². The van der Waals surface area contributed by atoms with Crippen molar-refractivity contribution in [3.8, 4) is 0 Å². The van der Waals surface area contributed by atoms with Gasteiger partial charge in [-0.15, -0.1) is 0 Å². The summed E-state index contributed by atoms with van der Waals surface area (Å²) in [5.41, 5.74) is 0. The predicted octanol–water partition coefficient (Wildman–Crippen LogP) is 15.7. The highest BCUT2D eigenvalue weighted by atomic mass is 31.2. The molecular formula is C69H135NO19P2. The molecule has 3 unspecified atom stereocenters. The van der Waals surface area contributed by atoms with Crippen LogP contribution in [0.3, 0.4) is 0 Å². The van der Waals surface area contributed by atoms with Crippen molar-refractivity contribution >= 4 is 21.6 Å². The van der Waals surface area contributed by atoms with Gasteiger partial charge in [0.25, 0.3) is 0 Å². The fraction of sp³-hybridized carbons (Fsp3) is 0.957. The molecular weight excluding hydrogens is 1210 g/mol. The highest BCUT2D eigenvalue weighted by Gasteiger charge is 2.53. The lowest BCUT2D eigenvalue weighted by Gasteiger charge is -2.47. The first-order valence-electron chi connectivity index (χ1n) is 37.5. The van der Waals surface area contributed by atoms with Gasteiger partial charge in [-0.05, 0) is 64.2 Å². The monoisotopic (exact) mass is 1350 g/mol. The molecule has 2 saturated heterocycles. The topological polar surface area (TPSA) is 266 Å². The van der Waals surface area contributed by atoms with Gasteiger partial charge in [-0.3, -0.25) is 13.8 Å². The van der Waals surface area contributed by atoms with Crippen molar-refractivity contribution in [3.05, 3.63) is 12.2 Å². The second-order valence-electron chi connectivity index (χ2n) is 25.4. The smallest absolute Gasteiger partial charge is 0.387 e. The molecule has 0 saturated carbocycles. The summed E-state index contributed by atoms with van der Waals surface area (Å²) >= 11 is 0. The maximum atomic E-state index is 14.2. The lowest BCUT2D eigenvalue weighted by Crippen LogP contribution is -2.67. The van der Waals surface area contributed by atoms with Crippen LogP contribution in [-0.4, -0.2) is 158 Å². The van der Waals surface area contributed by atoms with E-state index in [0.29, 0.717) is 38.5 Å².